The van der Waals surface area contributed by atoms with Crippen LogP contribution in [-0.4, -0.2) is 69.3 Å². The Kier molecular flexibility index (Phi) is 6.13. The van der Waals surface area contributed by atoms with Gasteiger partial charge in [-0.25, -0.2) is 4.79 Å². The summed E-state index contributed by atoms with van der Waals surface area (Å²) in [7, 11) is 1.29. The molecule has 0 saturated heterocycles. The first-order valence-electron chi connectivity index (χ1n) is 8.76. The number of hydrogen-bond donors (Lipinski definition) is 5. The summed E-state index contributed by atoms with van der Waals surface area (Å²) >= 11 is 6.12. The maximum absolute atomic E-state index is 11.5. The van der Waals surface area contributed by atoms with Crippen LogP contribution in [0.3, 0.4) is 0 Å². The summed E-state index contributed by atoms with van der Waals surface area (Å²) in [4.78, 5) is 11.5. The molecule has 2 aromatic rings. The molecule has 0 amide bonds. The summed E-state index contributed by atoms with van der Waals surface area (Å²) in [5.41, 5.74) is -0.505. The maximum Gasteiger partial charge on any atom is 0.337 e. The van der Waals surface area contributed by atoms with Crippen molar-refractivity contribution < 1.29 is 39.8 Å². The van der Waals surface area contributed by atoms with Crippen molar-refractivity contribution >= 4 is 17.6 Å². The van der Waals surface area contributed by atoms with Gasteiger partial charge in [-0.15, -0.1) is 0 Å². The molecule has 0 heterocycles. The average Bonchev–Trinajstić information content (AvgIpc) is 2.74. The van der Waals surface area contributed by atoms with Gasteiger partial charge in [0.25, 0.3) is 0 Å². The van der Waals surface area contributed by atoms with Gasteiger partial charge in [-0.1, -0.05) is 29.8 Å². The van der Waals surface area contributed by atoms with Crippen LogP contribution in [0.15, 0.2) is 42.5 Å². The van der Waals surface area contributed by atoms with E-state index in [1.165, 1.54) is 19.2 Å². The molecule has 29 heavy (non-hydrogen) atoms. The van der Waals surface area contributed by atoms with Gasteiger partial charge in [0.15, 0.2) is 5.60 Å². The highest BCUT2D eigenvalue weighted by molar-refractivity contribution is 6.32. The molecule has 0 aliphatic heterocycles. The van der Waals surface area contributed by atoms with Gasteiger partial charge >= 0.3 is 5.97 Å². The van der Waals surface area contributed by atoms with E-state index >= 15 is 0 Å². The minimum Gasteiger partial charge on any atom is -0.465 e. The molecule has 9 heteroatoms. The van der Waals surface area contributed by atoms with E-state index in [0.717, 1.165) is 5.56 Å². The van der Waals surface area contributed by atoms with Crippen molar-refractivity contribution in [2.24, 2.45) is 5.92 Å². The standard InChI is InChI=1S/C20H21ClO8/c1-28-18(25)11-4-2-10(3-5-11)12-6-7-14(21)15(8-12)29-19(26)20(27)13(9-22)16(23)17(20)24/h2-8,13,16-17,19,22-24,26-27H,9H2,1H3/t13?,16-,17?,19-,20?/m1/s1. The summed E-state index contributed by atoms with van der Waals surface area (Å²) in [6.45, 7) is -0.657. The Bertz CT molecular complexity index is 887. The zero-order valence-electron chi connectivity index (χ0n) is 15.4. The van der Waals surface area contributed by atoms with E-state index in [1.54, 1.807) is 30.3 Å². The molecule has 0 spiro atoms. The lowest BCUT2D eigenvalue weighted by molar-refractivity contribution is -0.332. The van der Waals surface area contributed by atoms with Crippen molar-refractivity contribution in [1.29, 1.82) is 0 Å². The topological polar surface area (TPSA) is 137 Å². The van der Waals surface area contributed by atoms with E-state index in [2.05, 4.69) is 4.74 Å². The number of ether oxygens (including phenoxy) is 2. The molecule has 1 aliphatic rings. The fourth-order valence-corrected chi connectivity index (χ4v) is 3.52. The molecule has 1 aliphatic carbocycles. The molecule has 5 atom stereocenters. The van der Waals surface area contributed by atoms with Crippen LogP contribution in [0.4, 0.5) is 0 Å². The quantitative estimate of drug-likeness (QED) is 0.335. The van der Waals surface area contributed by atoms with E-state index in [1.807, 2.05) is 0 Å². The normalized spacial score (nSPS) is 27.1. The second kappa shape index (κ2) is 8.27. The molecule has 3 unspecified atom stereocenters. The minimum atomic E-state index is -2.25. The van der Waals surface area contributed by atoms with Gasteiger partial charge < -0.3 is 35.0 Å². The Morgan fingerprint density at radius 2 is 1.79 bits per heavy atom. The number of methoxy groups -OCH3 is 1. The minimum absolute atomic E-state index is 0.0208. The van der Waals surface area contributed by atoms with Gasteiger partial charge in [0.05, 0.1) is 30.4 Å². The molecule has 5 N–H and O–H groups in total. The number of hydrogen-bond acceptors (Lipinski definition) is 8. The number of rotatable bonds is 6. The van der Waals surface area contributed by atoms with Crippen molar-refractivity contribution in [3.63, 3.8) is 0 Å². The van der Waals surface area contributed by atoms with Crippen molar-refractivity contribution in [2.75, 3.05) is 13.7 Å². The van der Waals surface area contributed by atoms with Crippen LogP contribution in [0.1, 0.15) is 10.4 Å². The highest BCUT2D eigenvalue weighted by atomic mass is 35.5. The molecule has 2 aromatic carbocycles. The summed E-state index contributed by atoms with van der Waals surface area (Å²) in [6.07, 6.45) is -5.03. The molecular formula is C20H21ClO8. The lowest BCUT2D eigenvalue weighted by atomic mass is 9.64. The number of carbonyl (C=O) groups excluding carboxylic acids is 1. The van der Waals surface area contributed by atoms with Crippen LogP contribution >= 0.6 is 11.6 Å². The Labute approximate surface area is 171 Å². The third kappa shape index (κ3) is 3.71. The van der Waals surface area contributed by atoms with Crippen molar-refractivity contribution in [1.82, 2.24) is 0 Å². The Hall–Kier alpha value is -2.20. The van der Waals surface area contributed by atoms with Crippen LogP contribution in [-0.2, 0) is 4.74 Å². The first kappa shape index (κ1) is 21.5. The number of carbonyl (C=O) groups is 1. The molecule has 0 aromatic heterocycles. The molecule has 8 nitrogen and oxygen atoms in total. The second-order valence-corrected chi connectivity index (χ2v) is 7.20. The van der Waals surface area contributed by atoms with Crippen LogP contribution in [0.5, 0.6) is 5.75 Å². The van der Waals surface area contributed by atoms with Crippen LogP contribution in [0.2, 0.25) is 5.02 Å². The fourth-order valence-electron chi connectivity index (χ4n) is 3.36. The third-order valence-corrected chi connectivity index (χ3v) is 5.52. The van der Waals surface area contributed by atoms with Crippen molar-refractivity contribution in [3.8, 4) is 16.9 Å². The summed E-state index contributed by atoms with van der Waals surface area (Å²) in [5.74, 6) is -1.62. The zero-order valence-corrected chi connectivity index (χ0v) is 16.2. The van der Waals surface area contributed by atoms with E-state index in [-0.39, 0.29) is 10.8 Å². The predicted molar refractivity (Wildman–Crippen MR) is 102 cm³/mol. The van der Waals surface area contributed by atoms with E-state index in [0.29, 0.717) is 11.1 Å². The SMILES string of the molecule is COC(=O)c1ccc(-c2ccc(Cl)c(O[C@@H](O)C3(O)C(O)[C@H](O)C3CO)c2)cc1. The van der Waals surface area contributed by atoms with Crippen molar-refractivity contribution in [2.45, 2.75) is 24.1 Å². The highest BCUT2D eigenvalue weighted by Crippen LogP contribution is 2.43. The van der Waals surface area contributed by atoms with E-state index in [9.17, 15) is 30.3 Å². The average molecular weight is 425 g/mol. The second-order valence-electron chi connectivity index (χ2n) is 6.80. The van der Waals surface area contributed by atoms with Crippen LogP contribution in [0, 0.1) is 5.92 Å². The van der Waals surface area contributed by atoms with Gasteiger partial charge in [-0.05, 0) is 35.4 Å². The molecule has 1 fully saturated rings. The van der Waals surface area contributed by atoms with Crippen LogP contribution in [0.25, 0.3) is 11.1 Å². The monoisotopic (exact) mass is 424 g/mol. The predicted octanol–water partition coefficient (Wildman–Crippen LogP) is 0.566. The smallest absolute Gasteiger partial charge is 0.337 e. The van der Waals surface area contributed by atoms with Crippen LogP contribution < -0.4 is 4.74 Å². The number of aliphatic hydroxyl groups excluding tert-OH is 4. The van der Waals surface area contributed by atoms with Gasteiger partial charge in [0, 0.05) is 5.92 Å². The number of halogens is 1. The summed E-state index contributed by atoms with van der Waals surface area (Å²) < 4.78 is 10.0. The summed E-state index contributed by atoms with van der Waals surface area (Å²) in [6, 6.07) is 11.3. The summed E-state index contributed by atoms with van der Waals surface area (Å²) in [5, 5.41) is 49.8. The molecule has 0 bridgehead atoms. The highest BCUT2D eigenvalue weighted by Gasteiger charge is 2.65. The van der Waals surface area contributed by atoms with E-state index < -0.39 is 42.6 Å². The molecule has 3 rings (SSSR count). The Balaban J connectivity index is 1.83. The first-order chi connectivity index (χ1) is 13.7. The number of esters is 1. The fraction of sp³-hybridized carbons (Fsp3) is 0.350. The van der Waals surface area contributed by atoms with Gasteiger partial charge in [-0.3, -0.25) is 0 Å². The molecular weight excluding hydrogens is 404 g/mol. The zero-order chi connectivity index (χ0) is 21.3. The van der Waals surface area contributed by atoms with Crippen molar-refractivity contribution in [3.05, 3.63) is 53.1 Å². The van der Waals surface area contributed by atoms with Gasteiger partial charge in [0.1, 0.15) is 11.9 Å². The lowest BCUT2D eigenvalue weighted by Gasteiger charge is -2.53. The maximum atomic E-state index is 11.5. The molecule has 0 radical (unpaired) electrons. The Morgan fingerprint density at radius 1 is 1.17 bits per heavy atom. The van der Waals surface area contributed by atoms with Gasteiger partial charge in [-0.2, -0.15) is 0 Å². The third-order valence-electron chi connectivity index (χ3n) is 5.20. The molecule has 1 saturated carbocycles. The largest absolute Gasteiger partial charge is 0.465 e. The lowest BCUT2D eigenvalue weighted by Crippen LogP contribution is -2.76. The molecule has 156 valence electrons. The first-order valence-corrected chi connectivity index (χ1v) is 9.14. The Morgan fingerprint density at radius 3 is 2.38 bits per heavy atom. The van der Waals surface area contributed by atoms with Gasteiger partial charge in [0.2, 0.25) is 6.29 Å². The van der Waals surface area contributed by atoms with E-state index in [4.69, 9.17) is 16.3 Å². The number of aliphatic hydroxyl groups is 5. The number of benzene rings is 2.